The lowest BCUT2D eigenvalue weighted by molar-refractivity contribution is 0.0497. The number of anilines is 1. The zero-order chi connectivity index (χ0) is 18.2. The summed E-state index contributed by atoms with van der Waals surface area (Å²) in [4.78, 5) is 11.8. The summed E-state index contributed by atoms with van der Waals surface area (Å²) >= 11 is 0. The Labute approximate surface area is 154 Å². The van der Waals surface area contributed by atoms with E-state index in [2.05, 4.69) is 6.92 Å². The molecule has 0 aromatic heterocycles. The van der Waals surface area contributed by atoms with Crippen LogP contribution >= 0.6 is 0 Å². The lowest BCUT2D eigenvalue weighted by atomic mass is 10.0. The molecular weight excluding hydrogens is 310 g/mol. The molecule has 0 bridgehead atoms. The van der Waals surface area contributed by atoms with Crippen LogP contribution in [0.25, 0.3) is 0 Å². The fourth-order valence-electron chi connectivity index (χ4n) is 3.03. The number of hydrogen-bond donors (Lipinski definition) is 1. The first-order valence-electron chi connectivity index (χ1n) is 10.3. The Morgan fingerprint density at radius 3 is 1.88 bits per heavy atom. The van der Waals surface area contributed by atoms with Crippen LogP contribution in [0, 0.1) is 0 Å². The molecule has 25 heavy (non-hydrogen) atoms. The maximum absolute atomic E-state index is 11.8. The number of rotatable bonds is 15. The second-order valence-electron chi connectivity index (χ2n) is 7.00. The number of esters is 1. The zero-order valence-corrected chi connectivity index (χ0v) is 16.1. The van der Waals surface area contributed by atoms with E-state index in [0.717, 1.165) is 12.8 Å². The van der Waals surface area contributed by atoms with E-state index in [1.807, 2.05) is 0 Å². The number of hydrogen-bond acceptors (Lipinski definition) is 3. The van der Waals surface area contributed by atoms with Gasteiger partial charge in [0, 0.05) is 5.69 Å². The monoisotopic (exact) mass is 347 g/mol. The van der Waals surface area contributed by atoms with Gasteiger partial charge in [-0.2, -0.15) is 0 Å². The predicted octanol–water partition coefficient (Wildman–Crippen LogP) is 6.52. The average Bonchev–Trinajstić information content (AvgIpc) is 2.62. The first-order chi connectivity index (χ1) is 12.2. The van der Waals surface area contributed by atoms with Gasteiger partial charge in [0.15, 0.2) is 0 Å². The van der Waals surface area contributed by atoms with Crippen molar-refractivity contribution in [2.75, 3.05) is 12.3 Å². The maximum Gasteiger partial charge on any atom is 0.338 e. The van der Waals surface area contributed by atoms with E-state index in [1.54, 1.807) is 24.3 Å². The molecule has 142 valence electrons. The summed E-state index contributed by atoms with van der Waals surface area (Å²) in [5.74, 6) is -0.272. The molecule has 0 saturated carbocycles. The number of carbonyl (C=O) groups is 1. The highest BCUT2D eigenvalue weighted by Crippen LogP contribution is 2.13. The van der Waals surface area contributed by atoms with Gasteiger partial charge in [0.1, 0.15) is 0 Å². The lowest BCUT2D eigenvalue weighted by Gasteiger charge is -2.06. The van der Waals surface area contributed by atoms with Crippen LogP contribution < -0.4 is 5.73 Å². The Bertz CT molecular complexity index is 459. The van der Waals surface area contributed by atoms with Crippen molar-refractivity contribution < 1.29 is 9.53 Å². The minimum Gasteiger partial charge on any atom is -0.462 e. The second-order valence-corrected chi connectivity index (χ2v) is 7.00. The highest BCUT2D eigenvalue weighted by atomic mass is 16.5. The largest absolute Gasteiger partial charge is 0.462 e. The SMILES string of the molecule is CCCCCCCCCCCCCCCOC(=O)c1cccc(N)c1. The molecule has 0 spiro atoms. The molecule has 0 atom stereocenters. The minimum atomic E-state index is -0.272. The fraction of sp³-hybridized carbons (Fsp3) is 0.682. The Hall–Kier alpha value is -1.51. The highest BCUT2D eigenvalue weighted by molar-refractivity contribution is 5.90. The third kappa shape index (κ3) is 11.6. The summed E-state index contributed by atoms with van der Waals surface area (Å²) < 4.78 is 5.29. The van der Waals surface area contributed by atoms with Crippen LogP contribution in [0.1, 0.15) is 101 Å². The molecule has 0 heterocycles. The van der Waals surface area contributed by atoms with Crippen LogP contribution in [0.2, 0.25) is 0 Å². The van der Waals surface area contributed by atoms with Crippen LogP contribution in [0.3, 0.4) is 0 Å². The van der Waals surface area contributed by atoms with Gasteiger partial charge in [-0.25, -0.2) is 4.79 Å². The van der Waals surface area contributed by atoms with E-state index < -0.39 is 0 Å². The van der Waals surface area contributed by atoms with Gasteiger partial charge in [0.05, 0.1) is 12.2 Å². The van der Waals surface area contributed by atoms with Gasteiger partial charge in [0.25, 0.3) is 0 Å². The topological polar surface area (TPSA) is 52.3 Å². The molecular formula is C22H37NO2. The Kier molecular flexibility index (Phi) is 12.7. The van der Waals surface area contributed by atoms with E-state index in [4.69, 9.17) is 10.5 Å². The van der Waals surface area contributed by atoms with Crippen molar-refractivity contribution in [2.24, 2.45) is 0 Å². The zero-order valence-electron chi connectivity index (χ0n) is 16.1. The third-order valence-electron chi connectivity index (χ3n) is 4.60. The molecule has 1 aromatic carbocycles. The minimum absolute atomic E-state index is 0.272. The van der Waals surface area contributed by atoms with E-state index in [1.165, 1.54) is 70.6 Å². The summed E-state index contributed by atoms with van der Waals surface area (Å²) in [6, 6.07) is 6.94. The molecule has 0 aliphatic heterocycles. The molecule has 2 N–H and O–H groups in total. The van der Waals surface area contributed by atoms with Gasteiger partial charge in [-0.05, 0) is 24.6 Å². The van der Waals surface area contributed by atoms with Crippen molar-refractivity contribution in [2.45, 2.75) is 90.4 Å². The number of nitrogen functional groups attached to an aromatic ring is 1. The van der Waals surface area contributed by atoms with E-state index in [0.29, 0.717) is 17.9 Å². The Morgan fingerprint density at radius 2 is 1.36 bits per heavy atom. The smallest absolute Gasteiger partial charge is 0.338 e. The van der Waals surface area contributed by atoms with Crippen molar-refractivity contribution >= 4 is 11.7 Å². The van der Waals surface area contributed by atoms with Gasteiger partial charge >= 0.3 is 5.97 Å². The molecule has 0 aliphatic rings. The highest BCUT2D eigenvalue weighted by Gasteiger charge is 2.06. The second kappa shape index (κ2) is 14.8. The third-order valence-corrected chi connectivity index (χ3v) is 4.60. The average molecular weight is 348 g/mol. The van der Waals surface area contributed by atoms with Crippen molar-refractivity contribution in [3.8, 4) is 0 Å². The number of carbonyl (C=O) groups excluding carboxylic acids is 1. The molecule has 1 aromatic rings. The van der Waals surface area contributed by atoms with Gasteiger partial charge < -0.3 is 10.5 Å². The number of benzene rings is 1. The van der Waals surface area contributed by atoms with Crippen molar-refractivity contribution in [3.63, 3.8) is 0 Å². The van der Waals surface area contributed by atoms with Crippen LogP contribution in [0.15, 0.2) is 24.3 Å². The number of ether oxygens (including phenoxy) is 1. The fourth-order valence-corrected chi connectivity index (χ4v) is 3.03. The molecule has 0 fully saturated rings. The summed E-state index contributed by atoms with van der Waals surface area (Å²) in [5, 5.41) is 0. The van der Waals surface area contributed by atoms with Crippen molar-refractivity contribution in [1.29, 1.82) is 0 Å². The Morgan fingerprint density at radius 1 is 0.840 bits per heavy atom. The molecule has 3 heteroatoms. The molecule has 0 aliphatic carbocycles. The van der Waals surface area contributed by atoms with Crippen LogP contribution in [0.5, 0.6) is 0 Å². The molecule has 0 unspecified atom stereocenters. The molecule has 3 nitrogen and oxygen atoms in total. The van der Waals surface area contributed by atoms with Crippen LogP contribution in [-0.2, 0) is 4.74 Å². The van der Waals surface area contributed by atoms with E-state index >= 15 is 0 Å². The predicted molar refractivity (Wildman–Crippen MR) is 107 cm³/mol. The Balaban J connectivity index is 1.85. The maximum atomic E-state index is 11.8. The van der Waals surface area contributed by atoms with Crippen LogP contribution in [-0.4, -0.2) is 12.6 Å². The van der Waals surface area contributed by atoms with E-state index in [-0.39, 0.29) is 5.97 Å². The lowest BCUT2D eigenvalue weighted by Crippen LogP contribution is -2.06. The summed E-state index contributed by atoms with van der Waals surface area (Å²) in [7, 11) is 0. The normalized spacial score (nSPS) is 10.8. The summed E-state index contributed by atoms with van der Waals surface area (Å²) in [5.41, 5.74) is 6.80. The molecule has 0 radical (unpaired) electrons. The summed E-state index contributed by atoms with van der Waals surface area (Å²) in [6.07, 6.45) is 17.1. The number of unbranched alkanes of at least 4 members (excludes halogenated alkanes) is 12. The van der Waals surface area contributed by atoms with Crippen LogP contribution in [0.4, 0.5) is 5.69 Å². The van der Waals surface area contributed by atoms with Crippen molar-refractivity contribution in [1.82, 2.24) is 0 Å². The standard InChI is InChI=1S/C22H37NO2/c1-2-3-4-5-6-7-8-9-10-11-12-13-14-18-25-22(24)20-16-15-17-21(23)19-20/h15-17,19H,2-14,18,23H2,1H3. The molecule has 1 rings (SSSR count). The van der Waals surface area contributed by atoms with Gasteiger partial charge in [-0.3, -0.25) is 0 Å². The quantitative estimate of drug-likeness (QED) is 0.223. The molecule has 0 saturated heterocycles. The van der Waals surface area contributed by atoms with Gasteiger partial charge in [-0.1, -0.05) is 90.0 Å². The van der Waals surface area contributed by atoms with Gasteiger partial charge in [0.2, 0.25) is 0 Å². The summed E-state index contributed by atoms with van der Waals surface area (Å²) in [6.45, 7) is 2.77. The number of nitrogens with two attached hydrogens (primary N) is 1. The molecule has 0 amide bonds. The first kappa shape index (κ1) is 21.5. The first-order valence-corrected chi connectivity index (χ1v) is 10.3. The van der Waals surface area contributed by atoms with Crippen molar-refractivity contribution in [3.05, 3.63) is 29.8 Å². The van der Waals surface area contributed by atoms with Gasteiger partial charge in [-0.15, -0.1) is 0 Å². The van der Waals surface area contributed by atoms with E-state index in [9.17, 15) is 4.79 Å².